The van der Waals surface area contributed by atoms with Gasteiger partial charge in [-0.1, -0.05) is 54.1 Å². The van der Waals surface area contributed by atoms with Gasteiger partial charge in [-0.15, -0.1) is 0 Å². The zero-order valence-electron chi connectivity index (χ0n) is 12.0. The van der Waals surface area contributed by atoms with Gasteiger partial charge in [-0.3, -0.25) is 4.79 Å². The largest absolute Gasteiger partial charge is 0.351 e. The van der Waals surface area contributed by atoms with Crippen LogP contribution >= 0.6 is 11.6 Å². The zero-order valence-corrected chi connectivity index (χ0v) is 12.7. The summed E-state index contributed by atoms with van der Waals surface area (Å²) in [6.45, 7) is 2.86. The van der Waals surface area contributed by atoms with Gasteiger partial charge < -0.3 is 10.6 Å². The van der Waals surface area contributed by atoms with Crippen molar-refractivity contribution >= 4 is 17.5 Å². The number of hydrogen-bond acceptors (Lipinski definition) is 2. The Hall–Kier alpha value is -1.84. The molecule has 0 heterocycles. The van der Waals surface area contributed by atoms with Gasteiger partial charge in [0.25, 0.3) is 0 Å². The van der Waals surface area contributed by atoms with Crippen LogP contribution in [0.1, 0.15) is 24.1 Å². The number of hydrogen-bond donors (Lipinski definition) is 2. The lowest BCUT2D eigenvalue weighted by Crippen LogP contribution is -2.34. The summed E-state index contributed by atoms with van der Waals surface area (Å²) in [4.78, 5) is 11.8. The Balaban J connectivity index is 1.74. The van der Waals surface area contributed by atoms with Gasteiger partial charge in [0.2, 0.25) is 5.91 Å². The molecule has 0 radical (unpaired) electrons. The third-order valence-corrected chi connectivity index (χ3v) is 3.52. The van der Waals surface area contributed by atoms with Crippen molar-refractivity contribution in [2.24, 2.45) is 0 Å². The SMILES string of the molecule is CC(NCC(=O)NCc1ccccc1)c1ccc(Cl)cc1. The van der Waals surface area contributed by atoms with Crippen molar-refractivity contribution in [2.75, 3.05) is 6.54 Å². The van der Waals surface area contributed by atoms with Crippen molar-refractivity contribution in [1.29, 1.82) is 0 Å². The van der Waals surface area contributed by atoms with Gasteiger partial charge in [-0.2, -0.15) is 0 Å². The van der Waals surface area contributed by atoms with Crippen molar-refractivity contribution in [3.05, 3.63) is 70.7 Å². The highest BCUT2D eigenvalue weighted by molar-refractivity contribution is 6.30. The van der Waals surface area contributed by atoms with Crippen LogP contribution in [0.25, 0.3) is 0 Å². The lowest BCUT2D eigenvalue weighted by molar-refractivity contribution is -0.120. The maximum Gasteiger partial charge on any atom is 0.234 e. The molecule has 0 saturated carbocycles. The molecule has 0 fully saturated rings. The highest BCUT2D eigenvalue weighted by Gasteiger charge is 2.07. The van der Waals surface area contributed by atoms with E-state index >= 15 is 0 Å². The summed E-state index contributed by atoms with van der Waals surface area (Å²) in [5, 5.41) is 6.81. The van der Waals surface area contributed by atoms with E-state index in [4.69, 9.17) is 11.6 Å². The predicted octanol–water partition coefficient (Wildman–Crippen LogP) is 3.31. The van der Waals surface area contributed by atoms with Crippen LogP contribution in [0.15, 0.2) is 54.6 Å². The second-order valence-electron chi connectivity index (χ2n) is 4.92. The van der Waals surface area contributed by atoms with Crippen LogP contribution in [0.3, 0.4) is 0 Å². The molecule has 0 saturated heterocycles. The number of carbonyl (C=O) groups excluding carboxylic acids is 1. The highest BCUT2D eigenvalue weighted by atomic mass is 35.5. The summed E-state index contributed by atoms with van der Waals surface area (Å²) in [5.74, 6) is -0.0142. The van der Waals surface area contributed by atoms with Gasteiger partial charge in [-0.25, -0.2) is 0 Å². The van der Waals surface area contributed by atoms with Crippen molar-refractivity contribution in [3.8, 4) is 0 Å². The predicted molar refractivity (Wildman–Crippen MR) is 86.2 cm³/mol. The Bertz CT molecular complexity index is 569. The van der Waals surface area contributed by atoms with E-state index in [0.717, 1.165) is 11.1 Å². The number of halogens is 1. The number of rotatable bonds is 6. The lowest BCUT2D eigenvalue weighted by Gasteiger charge is -2.14. The van der Waals surface area contributed by atoms with Crippen LogP contribution in [-0.4, -0.2) is 12.5 Å². The van der Waals surface area contributed by atoms with Crippen molar-refractivity contribution in [2.45, 2.75) is 19.5 Å². The van der Waals surface area contributed by atoms with Gasteiger partial charge in [-0.05, 0) is 30.2 Å². The molecule has 1 atom stereocenters. The molecule has 0 bridgehead atoms. The molecule has 2 N–H and O–H groups in total. The fourth-order valence-corrected chi connectivity index (χ4v) is 2.10. The van der Waals surface area contributed by atoms with Crippen LogP contribution in [0.2, 0.25) is 5.02 Å². The summed E-state index contributed by atoms with van der Waals surface area (Å²) >= 11 is 5.86. The van der Waals surface area contributed by atoms with E-state index in [2.05, 4.69) is 10.6 Å². The molecule has 2 rings (SSSR count). The normalized spacial score (nSPS) is 11.9. The van der Waals surface area contributed by atoms with Crippen molar-refractivity contribution in [1.82, 2.24) is 10.6 Å². The summed E-state index contributed by atoms with van der Waals surface area (Å²) in [7, 11) is 0. The fourth-order valence-electron chi connectivity index (χ4n) is 1.97. The average molecular weight is 303 g/mol. The first-order chi connectivity index (χ1) is 10.1. The van der Waals surface area contributed by atoms with E-state index in [9.17, 15) is 4.79 Å². The van der Waals surface area contributed by atoms with Crippen LogP contribution in [-0.2, 0) is 11.3 Å². The molecule has 0 aromatic heterocycles. The second kappa shape index (κ2) is 7.81. The van der Waals surface area contributed by atoms with Gasteiger partial charge in [0.1, 0.15) is 0 Å². The van der Waals surface area contributed by atoms with E-state index in [1.165, 1.54) is 0 Å². The second-order valence-corrected chi connectivity index (χ2v) is 5.35. The van der Waals surface area contributed by atoms with E-state index in [1.54, 1.807) is 0 Å². The third kappa shape index (κ3) is 5.21. The molecular weight excluding hydrogens is 284 g/mol. The first kappa shape index (κ1) is 15.5. The standard InChI is InChI=1S/C17H19ClN2O/c1-13(15-7-9-16(18)10-8-15)19-12-17(21)20-11-14-5-3-2-4-6-14/h2-10,13,19H,11-12H2,1H3,(H,20,21). The molecular formula is C17H19ClN2O. The van der Waals surface area contributed by atoms with Crippen molar-refractivity contribution in [3.63, 3.8) is 0 Å². The molecule has 0 aliphatic heterocycles. The smallest absolute Gasteiger partial charge is 0.234 e. The van der Waals surface area contributed by atoms with Crippen LogP contribution in [0.5, 0.6) is 0 Å². The molecule has 0 aliphatic rings. The fraction of sp³-hybridized carbons (Fsp3) is 0.235. The topological polar surface area (TPSA) is 41.1 Å². The Morgan fingerprint density at radius 3 is 2.43 bits per heavy atom. The van der Waals surface area contributed by atoms with Gasteiger partial charge in [0, 0.05) is 17.6 Å². The average Bonchev–Trinajstić information content (AvgIpc) is 2.52. The molecule has 1 amide bonds. The quantitative estimate of drug-likeness (QED) is 0.859. The maximum absolute atomic E-state index is 11.8. The van der Waals surface area contributed by atoms with Crippen LogP contribution < -0.4 is 10.6 Å². The monoisotopic (exact) mass is 302 g/mol. The summed E-state index contributed by atoms with van der Waals surface area (Å²) in [6, 6.07) is 17.6. The van der Waals surface area contributed by atoms with Gasteiger partial charge in [0.15, 0.2) is 0 Å². The summed E-state index contributed by atoms with van der Waals surface area (Å²) in [6.07, 6.45) is 0. The van der Waals surface area contributed by atoms with E-state index in [-0.39, 0.29) is 18.5 Å². The third-order valence-electron chi connectivity index (χ3n) is 3.27. The number of amides is 1. The first-order valence-electron chi connectivity index (χ1n) is 6.94. The summed E-state index contributed by atoms with van der Waals surface area (Å²) < 4.78 is 0. The zero-order chi connectivity index (χ0) is 15.1. The number of carbonyl (C=O) groups is 1. The Kier molecular flexibility index (Phi) is 5.78. The molecule has 2 aromatic carbocycles. The van der Waals surface area contributed by atoms with Crippen LogP contribution in [0, 0.1) is 0 Å². The number of nitrogens with one attached hydrogen (secondary N) is 2. The van der Waals surface area contributed by atoms with Crippen molar-refractivity contribution < 1.29 is 4.79 Å². The molecule has 4 heteroatoms. The molecule has 3 nitrogen and oxygen atoms in total. The molecule has 0 spiro atoms. The minimum absolute atomic E-state index is 0.0142. The van der Waals surface area contributed by atoms with E-state index in [0.29, 0.717) is 11.6 Å². The van der Waals surface area contributed by atoms with E-state index in [1.807, 2.05) is 61.5 Å². The lowest BCUT2D eigenvalue weighted by atomic mass is 10.1. The number of benzene rings is 2. The van der Waals surface area contributed by atoms with E-state index < -0.39 is 0 Å². The minimum atomic E-state index is -0.0142. The summed E-state index contributed by atoms with van der Waals surface area (Å²) in [5.41, 5.74) is 2.20. The molecule has 2 aromatic rings. The van der Waals surface area contributed by atoms with Gasteiger partial charge >= 0.3 is 0 Å². The molecule has 1 unspecified atom stereocenters. The van der Waals surface area contributed by atoms with Gasteiger partial charge in [0.05, 0.1) is 6.54 Å². The Labute approximate surface area is 130 Å². The molecule has 21 heavy (non-hydrogen) atoms. The Morgan fingerprint density at radius 2 is 1.76 bits per heavy atom. The first-order valence-corrected chi connectivity index (χ1v) is 7.32. The molecule has 0 aliphatic carbocycles. The Morgan fingerprint density at radius 1 is 1.10 bits per heavy atom. The molecule has 110 valence electrons. The van der Waals surface area contributed by atoms with Crippen LogP contribution in [0.4, 0.5) is 0 Å². The maximum atomic E-state index is 11.8. The minimum Gasteiger partial charge on any atom is -0.351 e. The highest BCUT2D eigenvalue weighted by Crippen LogP contribution is 2.15.